The summed E-state index contributed by atoms with van der Waals surface area (Å²) in [6.45, 7) is -0.717. The highest BCUT2D eigenvalue weighted by Gasteiger charge is 2.42. The fourth-order valence-corrected chi connectivity index (χ4v) is 2.37. The summed E-state index contributed by atoms with van der Waals surface area (Å²) in [7, 11) is 0. The lowest BCUT2D eigenvalue weighted by Crippen LogP contribution is -2.35. The molecule has 0 saturated carbocycles. The van der Waals surface area contributed by atoms with Crippen LogP contribution in [-0.4, -0.2) is 40.6 Å². The van der Waals surface area contributed by atoms with Crippen molar-refractivity contribution >= 4 is 5.78 Å². The number of hydrogen-bond acceptors (Lipinski definition) is 5. The quantitative estimate of drug-likeness (QED) is 0.556. The lowest BCUT2D eigenvalue weighted by atomic mass is 9.82. The van der Waals surface area contributed by atoms with Gasteiger partial charge in [0.05, 0.1) is 18.8 Å². The Labute approximate surface area is 92.7 Å². The average Bonchev–Trinajstić information content (AvgIpc) is 2.73. The van der Waals surface area contributed by atoms with Gasteiger partial charge in [0.2, 0.25) is 6.29 Å². The van der Waals surface area contributed by atoms with Crippen LogP contribution in [0.2, 0.25) is 0 Å². The zero-order valence-electron chi connectivity index (χ0n) is 8.67. The van der Waals surface area contributed by atoms with Crippen LogP contribution >= 0.6 is 0 Å². The fraction of sp³-hybridized carbons (Fsp3) is 0.545. The normalized spacial score (nSPS) is 32.6. The highest BCUT2D eigenvalue weighted by atomic mass is 16.6. The SMILES string of the molecule is O=C(CO)C1=CO[C@@H](O)[C@@H]2C(CO)=CC[C@H]12. The Morgan fingerprint density at radius 3 is 2.88 bits per heavy atom. The molecule has 5 heteroatoms. The van der Waals surface area contributed by atoms with Crippen LogP contribution in [0.1, 0.15) is 6.42 Å². The van der Waals surface area contributed by atoms with Crippen molar-refractivity contribution in [1.29, 1.82) is 0 Å². The minimum atomic E-state index is -1.03. The van der Waals surface area contributed by atoms with E-state index in [1.807, 2.05) is 6.08 Å². The summed E-state index contributed by atoms with van der Waals surface area (Å²) < 4.78 is 4.97. The predicted molar refractivity (Wildman–Crippen MR) is 54.0 cm³/mol. The highest BCUT2D eigenvalue weighted by Crippen LogP contribution is 2.42. The molecular formula is C11H14O5. The van der Waals surface area contributed by atoms with Crippen LogP contribution in [-0.2, 0) is 9.53 Å². The monoisotopic (exact) mass is 226 g/mol. The van der Waals surface area contributed by atoms with E-state index in [4.69, 9.17) is 14.9 Å². The number of fused-ring (bicyclic) bond motifs is 1. The minimum Gasteiger partial charge on any atom is -0.472 e. The Morgan fingerprint density at radius 1 is 1.50 bits per heavy atom. The molecule has 1 aliphatic carbocycles. The number of aliphatic hydroxyl groups excluding tert-OH is 3. The summed E-state index contributed by atoms with van der Waals surface area (Å²) in [5.74, 6) is -0.958. The second-order valence-corrected chi connectivity index (χ2v) is 3.99. The van der Waals surface area contributed by atoms with Crippen molar-refractivity contribution < 1.29 is 24.9 Å². The van der Waals surface area contributed by atoms with Crippen molar-refractivity contribution in [2.45, 2.75) is 12.7 Å². The smallest absolute Gasteiger partial charge is 0.203 e. The highest BCUT2D eigenvalue weighted by molar-refractivity contribution is 5.96. The van der Waals surface area contributed by atoms with Crippen molar-refractivity contribution in [2.75, 3.05) is 13.2 Å². The third kappa shape index (κ3) is 1.67. The molecule has 0 aromatic carbocycles. The fourth-order valence-electron chi connectivity index (χ4n) is 2.37. The number of ether oxygens (including phenoxy) is 1. The second-order valence-electron chi connectivity index (χ2n) is 3.99. The predicted octanol–water partition coefficient (Wildman–Crippen LogP) is -0.665. The van der Waals surface area contributed by atoms with Crippen molar-refractivity contribution in [1.82, 2.24) is 0 Å². The van der Waals surface area contributed by atoms with E-state index in [0.29, 0.717) is 17.6 Å². The Hall–Kier alpha value is -1.17. The molecule has 0 radical (unpaired) electrons. The number of carbonyl (C=O) groups excluding carboxylic acids is 1. The molecular weight excluding hydrogens is 212 g/mol. The average molecular weight is 226 g/mol. The first-order valence-corrected chi connectivity index (χ1v) is 5.16. The first-order valence-electron chi connectivity index (χ1n) is 5.16. The van der Waals surface area contributed by atoms with Gasteiger partial charge >= 0.3 is 0 Å². The van der Waals surface area contributed by atoms with E-state index in [2.05, 4.69) is 0 Å². The summed E-state index contributed by atoms with van der Waals surface area (Å²) in [5, 5.41) is 27.6. The largest absolute Gasteiger partial charge is 0.472 e. The first-order chi connectivity index (χ1) is 7.69. The Morgan fingerprint density at radius 2 is 2.25 bits per heavy atom. The van der Waals surface area contributed by atoms with Crippen LogP contribution in [0.4, 0.5) is 0 Å². The van der Waals surface area contributed by atoms with Crippen molar-refractivity contribution in [3.63, 3.8) is 0 Å². The van der Waals surface area contributed by atoms with E-state index in [0.717, 1.165) is 0 Å². The summed E-state index contributed by atoms with van der Waals surface area (Å²) in [6.07, 6.45) is 2.59. The number of rotatable bonds is 3. The molecule has 16 heavy (non-hydrogen) atoms. The van der Waals surface area contributed by atoms with Gasteiger partial charge in [-0.2, -0.15) is 0 Å². The molecule has 88 valence electrons. The number of carbonyl (C=O) groups is 1. The molecule has 0 fully saturated rings. The Kier molecular flexibility index (Phi) is 3.09. The molecule has 1 heterocycles. The van der Waals surface area contributed by atoms with Gasteiger partial charge in [-0.1, -0.05) is 6.08 Å². The third-order valence-corrected chi connectivity index (χ3v) is 3.18. The molecule has 0 bridgehead atoms. The van der Waals surface area contributed by atoms with Gasteiger partial charge in [-0.25, -0.2) is 0 Å². The lowest BCUT2D eigenvalue weighted by Gasteiger charge is -2.31. The molecule has 3 N–H and O–H groups in total. The molecule has 2 aliphatic rings. The Bertz CT molecular complexity index is 357. The maximum Gasteiger partial charge on any atom is 0.203 e. The summed E-state index contributed by atoms with van der Waals surface area (Å²) in [5.41, 5.74) is 1.08. The molecule has 0 aromatic rings. The number of Topliss-reactive ketones (excluding diaryl/α,β-unsaturated/α-hetero) is 1. The number of allylic oxidation sites excluding steroid dienone is 1. The van der Waals surface area contributed by atoms with Gasteiger partial charge in [0.15, 0.2) is 5.78 Å². The standard InChI is InChI=1S/C11H14O5/c12-3-6-1-2-7-8(9(14)4-13)5-16-11(15)10(6)7/h1,5,7,10-13,15H,2-4H2/t7-,10-,11-/m1/s1. The lowest BCUT2D eigenvalue weighted by molar-refractivity contribution is -0.125. The van der Waals surface area contributed by atoms with Crippen LogP contribution < -0.4 is 0 Å². The van der Waals surface area contributed by atoms with Gasteiger partial charge in [0.1, 0.15) is 6.61 Å². The van der Waals surface area contributed by atoms with Gasteiger partial charge in [-0.3, -0.25) is 4.79 Å². The zero-order chi connectivity index (χ0) is 11.7. The second kappa shape index (κ2) is 4.37. The molecule has 0 amide bonds. The van der Waals surface area contributed by atoms with Gasteiger partial charge in [-0.15, -0.1) is 0 Å². The molecule has 5 nitrogen and oxygen atoms in total. The van der Waals surface area contributed by atoms with Crippen LogP contribution in [0, 0.1) is 11.8 Å². The molecule has 1 aliphatic heterocycles. The van der Waals surface area contributed by atoms with E-state index in [-0.39, 0.29) is 18.4 Å². The zero-order valence-corrected chi connectivity index (χ0v) is 8.67. The molecule has 0 spiro atoms. The van der Waals surface area contributed by atoms with Crippen molar-refractivity contribution in [2.24, 2.45) is 11.8 Å². The maximum atomic E-state index is 11.4. The molecule has 0 unspecified atom stereocenters. The topological polar surface area (TPSA) is 87.0 Å². The van der Waals surface area contributed by atoms with E-state index in [1.54, 1.807) is 0 Å². The number of ketones is 1. The first kappa shape index (κ1) is 11.3. The van der Waals surface area contributed by atoms with E-state index in [1.165, 1.54) is 6.26 Å². The number of hydrogen-bond donors (Lipinski definition) is 3. The molecule has 0 saturated heterocycles. The summed E-state index contributed by atoms with van der Waals surface area (Å²) in [6, 6.07) is 0. The van der Waals surface area contributed by atoms with E-state index >= 15 is 0 Å². The van der Waals surface area contributed by atoms with Crippen molar-refractivity contribution in [3.05, 3.63) is 23.5 Å². The van der Waals surface area contributed by atoms with Gasteiger partial charge in [0, 0.05) is 11.5 Å². The van der Waals surface area contributed by atoms with E-state index < -0.39 is 18.7 Å². The summed E-state index contributed by atoms with van der Waals surface area (Å²) in [4.78, 5) is 11.4. The van der Waals surface area contributed by atoms with Crippen LogP contribution in [0.25, 0.3) is 0 Å². The minimum absolute atomic E-state index is 0.151. The Balaban J connectivity index is 2.26. The van der Waals surface area contributed by atoms with Crippen molar-refractivity contribution in [3.8, 4) is 0 Å². The van der Waals surface area contributed by atoms with Gasteiger partial charge in [-0.05, 0) is 12.0 Å². The third-order valence-electron chi connectivity index (χ3n) is 3.18. The molecule has 0 aromatic heterocycles. The maximum absolute atomic E-state index is 11.4. The molecule has 2 rings (SSSR count). The van der Waals surface area contributed by atoms with E-state index in [9.17, 15) is 9.90 Å². The number of aliphatic hydroxyl groups is 3. The van der Waals surface area contributed by atoms with Crippen LogP contribution in [0.15, 0.2) is 23.5 Å². The molecule has 3 atom stereocenters. The summed E-state index contributed by atoms with van der Waals surface area (Å²) >= 11 is 0. The van der Waals surface area contributed by atoms with Gasteiger partial charge in [0.25, 0.3) is 0 Å². The van der Waals surface area contributed by atoms with Crippen LogP contribution in [0.5, 0.6) is 0 Å². The van der Waals surface area contributed by atoms with Crippen LogP contribution in [0.3, 0.4) is 0 Å². The van der Waals surface area contributed by atoms with Gasteiger partial charge < -0.3 is 20.1 Å².